The van der Waals surface area contributed by atoms with E-state index in [9.17, 15) is 4.79 Å². The molecule has 0 bridgehead atoms. The lowest BCUT2D eigenvalue weighted by atomic mass is 9.75. The largest absolute Gasteiger partial charge is 0.481 e. The van der Waals surface area contributed by atoms with Crippen LogP contribution in [0.4, 0.5) is 0 Å². The molecular weight excluding hydrogens is 128 g/mol. The van der Waals surface area contributed by atoms with Crippen molar-refractivity contribution in [1.29, 1.82) is 0 Å². The zero-order valence-corrected chi connectivity index (χ0v) is 6.34. The molecule has 0 radical (unpaired) electrons. The molecule has 2 heteroatoms. The molecule has 58 valence electrons. The first kappa shape index (κ1) is 7.58. The normalized spacial score (nSPS) is 21.7. The van der Waals surface area contributed by atoms with E-state index >= 15 is 0 Å². The number of carboxylic acid groups (broad SMARTS) is 1. The number of carboxylic acids is 1. The summed E-state index contributed by atoms with van der Waals surface area (Å²) in [5.74, 6) is 0.446. The van der Waals surface area contributed by atoms with E-state index in [0.717, 1.165) is 0 Å². The molecule has 1 rings (SSSR count). The molecule has 2 nitrogen and oxygen atoms in total. The van der Waals surface area contributed by atoms with Crippen molar-refractivity contribution >= 4 is 5.97 Å². The van der Waals surface area contributed by atoms with Gasteiger partial charge in [0.1, 0.15) is 0 Å². The van der Waals surface area contributed by atoms with E-state index in [0.29, 0.717) is 18.3 Å². The molecule has 1 N–H and O–H groups in total. The summed E-state index contributed by atoms with van der Waals surface area (Å²) in [5, 5.41) is 8.45. The smallest absolute Gasteiger partial charge is 0.303 e. The summed E-state index contributed by atoms with van der Waals surface area (Å²) in [4.78, 5) is 10.3. The molecule has 1 fully saturated rings. The van der Waals surface area contributed by atoms with Crippen molar-refractivity contribution in [1.82, 2.24) is 0 Å². The SMILES string of the molecule is C[C@@H](CC(=O)O)C1CCC1. The van der Waals surface area contributed by atoms with E-state index in [1.807, 2.05) is 6.92 Å². The fourth-order valence-electron chi connectivity index (χ4n) is 1.45. The summed E-state index contributed by atoms with van der Waals surface area (Å²) in [7, 11) is 0. The van der Waals surface area contributed by atoms with E-state index in [1.54, 1.807) is 0 Å². The molecule has 1 saturated carbocycles. The van der Waals surface area contributed by atoms with Crippen molar-refractivity contribution in [3.05, 3.63) is 0 Å². The average molecular weight is 142 g/mol. The fourth-order valence-corrected chi connectivity index (χ4v) is 1.45. The molecule has 0 unspecified atom stereocenters. The minimum atomic E-state index is -0.653. The molecule has 0 saturated heterocycles. The van der Waals surface area contributed by atoms with Crippen LogP contribution in [-0.4, -0.2) is 11.1 Å². The van der Waals surface area contributed by atoms with Gasteiger partial charge in [0.2, 0.25) is 0 Å². The number of aliphatic carboxylic acids is 1. The Kier molecular flexibility index (Phi) is 2.30. The first-order chi connectivity index (χ1) is 4.70. The number of hydrogen-bond donors (Lipinski definition) is 1. The van der Waals surface area contributed by atoms with Crippen LogP contribution < -0.4 is 0 Å². The molecule has 1 aliphatic rings. The molecule has 0 aromatic carbocycles. The van der Waals surface area contributed by atoms with Gasteiger partial charge >= 0.3 is 5.97 Å². The molecule has 0 aromatic rings. The highest BCUT2D eigenvalue weighted by molar-refractivity contribution is 5.67. The van der Waals surface area contributed by atoms with Gasteiger partial charge in [-0.05, 0) is 11.8 Å². The fraction of sp³-hybridized carbons (Fsp3) is 0.875. The third kappa shape index (κ3) is 1.72. The zero-order chi connectivity index (χ0) is 7.56. The van der Waals surface area contributed by atoms with Crippen molar-refractivity contribution in [2.24, 2.45) is 11.8 Å². The number of hydrogen-bond acceptors (Lipinski definition) is 1. The maximum Gasteiger partial charge on any atom is 0.303 e. The quantitative estimate of drug-likeness (QED) is 0.653. The third-order valence-electron chi connectivity index (χ3n) is 2.45. The van der Waals surface area contributed by atoms with Crippen LogP contribution in [0.2, 0.25) is 0 Å². The van der Waals surface area contributed by atoms with Gasteiger partial charge in [0.25, 0.3) is 0 Å². The van der Waals surface area contributed by atoms with Crippen LogP contribution in [0.3, 0.4) is 0 Å². The first-order valence-corrected chi connectivity index (χ1v) is 3.92. The van der Waals surface area contributed by atoms with Crippen molar-refractivity contribution in [2.45, 2.75) is 32.6 Å². The van der Waals surface area contributed by atoms with E-state index < -0.39 is 5.97 Å². The molecule has 0 aliphatic heterocycles. The lowest BCUT2D eigenvalue weighted by molar-refractivity contribution is -0.138. The summed E-state index contributed by atoms with van der Waals surface area (Å²) in [6, 6.07) is 0. The second kappa shape index (κ2) is 3.04. The van der Waals surface area contributed by atoms with Gasteiger partial charge in [-0.1, -0.05) is 26.2 Å². The minimum Gasteiger partial charge on any atom is -0.481 e. The summed E-state index contributed by atoms with van der Waals surface area (Å²) >= 11 is 0. The molecule has 0 spiro atoms. The van der Waals surface area contributed by atoms with E-state index in [4.69, 9.17) is 5.11 Å². The Labute approximate surface area is 61.2 Å². The third-order valence-corrected chi connectivity index (χ3v) is 2.45. The van der Waals surface area contributed by atoms with Gasteiger partial charge < -0.3 is 5.11 Å². The summed E-state index contributed by atoms with van der Waals surface area (Å²) < 4.78 is 0. The maximum atomic E-state index is 10.3. The molecule has 1 aliphatic carbocycles. The zero-order valence-electron chi connectivity index (χ0n) is 6.34. The molecule has 1 atom stereocenters. The van der Waals surface area contributed by atoms with Crippen LogP contribution in [0.1, 0.15) is 32.6 Å². The van der Waals surface area contributed by atoms with Gasteiger partial charge in [-0.3, -0.25) is 4.79 Å². The standard InChI is InChI=1S/C8H14O2/c1-6(5-8(9)10)7-3-2-4-7/h6-7H,2-5H2,1H3,(H,9,10)/t6-/m0/s1. The van der Waals surface area contributed by atoms with E-state index in [2.05, 4.69) is 0 Å². The Bertz CT molecular complexity index is 127. The predicted octanol–water partition coefficient (Wildman–Crippen LogP) is 1.90. The Balaban J connectivity index is 2.19. The number of carbonyl (C=O) groups is 1. The molecular formula is C8H14O2. The van der Waals surface area contributed by atoms with E-state index in [-0.39, 0.29) is 0 Å². The second-order valence-corrected chi connectivity index (χ2v) is 3.27. The van der Waals surface area contributed by atoms with Crippen LogP contribution in [0.5, 0.6) is 0 Å². The first-order valence-electron chi connectivity index (χ1n) is 3.92. The Morgan fingerprint density at radius 1 is 1.70 bits per heavy atom. The van der Waals surface area contributed by atoms with Crippen molar-refractivity contribution in [3.63, 3.8) is 0 Å². The maximum absolute atomic E-state index is 10.3. The molecule has 10 heavy (non-hydrogen) atoms. The van der Waals surface area contributed by atoms with Crippen LogP contribution in [-0.2, 0) is 4.79 Å². The van der Waals surface area contributed by atoms with Crippen molar-refractivity contribution < 1.29 is 9.90 Å². The lowest BCUT2D eigenvalue weighted by Gasteiger charge is -2.30. The monoisotopic (exact) mass is 142 g/mol. The topological polar surface area (TPSA) is 37.3 Å². The Morgan fingerprint density at radius 2 is 2.30 bits per heavy atom. The Morgan fingerprint density at radius 3 is 2.60 bits per heavy atom. The summed E-state index contributed by atoms with van der Waals surface area (Å²) in [6.45, 7) is 2.04. The minimum absolute atomic E-state index is 0.352. The van der Waals surface area contributed by atoms with Gasteiger partial charge in [0.05, 0.1) is 0 Å². The van der Waals surface area contributed by atoms with Gasteiger partial charge in [-0.2, -0.15) is 0 Å². The molecule has 0 heterocycles. The highest BCUT2D eigenvalue weighted by Gasteiger charge is 2.24. The average Bonchev–Trinajstić information content (AvgIpc) is 1.55. The Hall–Kier alpha value is -0.530. The van der Waals surface area contributed by atoms with Crippen LogP contribution in [0.25, 0.3) is 0 Å². The van der Waals surface area contributed by atoms with Crippen LogP contribution >= 0.6 is 0 Å². The summed E-state index contributed by atoms with van der Waals surface area (Å²) in [6.07, 6.45) is 4.14. The van der Waals surface area contributed by atoms with Gasteiger partial charge in [0.15, 0.2) is 0 Å². The van der Waals surface area contributed by atoms with Gasteiger partial charge in [0, 0.05) is 6.42 Å². The van der Waals surface area contributed by atoms with Crippen LogP contribution in [0, 0.1) is 11.8 Å². The van der Waals surface area contributed by atoms with Gasteiger partial charge in [-0.25, -0.2) is 0 Å². The highest BCUT2D eigenvalue weighted by Crippen LogP contribution is 2.34. The van der Waals surface area contributed by atoms with E-state index in [1.165, 1.54) is 19.3 Å². The molecule has 0 aromatic heterocycles. The molecule has 0 amide bonds. The second-order valence-electron chi connectivity index (χ2n) is 3.27. The predicted molar refractivity (Wildman–Crippen MR) is 38.8 cm³/mol. The van der Waals surface area contributed by atoms with Crippen molar-refractivity contribution in [3.8, 4) is 0 Å². The van der Waals surface area contributed by atoms with Gasteiger partial charge in [-0.15, -0.1) is 0 Å². The summed E-state index contributed by atoms with van der Waals surface area (Å²) in [5.41, 5.74) is 0. The highest BCUT2D eigenvalue weighted by atomic mass is 16.4. The van der Waals surface area contributed by atoms with Crippen molar-refractivity contribution in [2.75, 3.05) is 0 Å². The number of rotatable bonds is 3. The van der Waals surface area contributed by atoms with Crippen LogP contribution in [0.15, 0.2) is 0 Å². The lowest BCUT2D eigenvalue weighted by Crippen LogP contribution is -2.21.